The molecule has 6 heteroatoms. The Bertz CT molecular complexity index is 651. The van der Waals surface area contributed by atoms with E-state index in [1.807, 2.05) is 13.0 Å². The summed E-state index contributed by atoms with van der Waals surface area (Å²) in [6, 6.07) is 1.82. The van der Waals surface area contributed by atoms with Crippen LogP contribution in [0.25, 0.3) is 5.65 Å². The second-order valence-electron chi connectivity index (χ2n) is 5.92. The minimum Gasteiger partial charge on any atom is -0.370 e. The van der Waals surface area contributed by atoms with Crippen LogP contribution in [0.1, 0.15) is 38.4 Å². The second kappa shape index (κ2) is 5.26. The van der Waals surface area contributed by atoms with Gasteiger partial charge in [-0.05, 0) is 31.6 Å². The van der Waals surface area contributed by atoms with E-state index < -0.39 is 0 Å². The molecule has 3 rings (SSSR count). The second-order valence-corrected chi connectivity index (χ2v) is 5.92. The Labute approximate surface area is 117 Å². The van der Waals surface area contributed by atoms with Gasteiger partial charge in [-0.3, -0.25) is 0 Å². The number of aromatic nitrogens is 4. The van der Waals surface area contributed by atoms with E-state index in [1.165, 1.54) is 30.1 Å². The SMILES string of the molecule is Cc1nc(NCC2CCC(C)CC2)cc2n[nH]c(=O)n12. The van der Waals surface area contributed by atoms with Gasteiger partial charge in [0.2, 0.25) is 0 Å². The molecule has 6 nitrogen and oxygen atoms in total. The molecule has 2 N–H and O–H groups in total. The molecule has 0 atom stereocenters. The lowest BCUT2D eigenvalue weighted by Crippen LogP contribution is -2.21. The van der Waals surface area contributed by atoms with Crippen molar-refractivity contribution in [2.45, 2.75) is 39.5 Å². The Kier molecular flexibility index (Phi) is 3.46. The van der Waals surface area contributed by atoms with E-state index in [-0.39, 0.29) is 5.69 Å². The average molecular weight is 275 g/mol. The van der Waals surface area contributed by atoms with Crippen LogP contribution in [0.5, 0.6) is 0 Å². The first-order valence-electron chi connectivity index (χ1n) is 7.32. The van der Waals surface area contributed by atoms with Crippen molar-refractivity contribution in [1.82, 2.24) is 19.6 Å². The number of nitrogens with one attached hydrogen (secondary N) is 2. The third-order valence-electron chi connectivity index (χ3n) is 4.28. The van der Waals surface area contributed by atoms with Crippen molar-refractivity contribution >= 4 is 11.5 Å². The van der Waals surface area contributed by atoms with Crippen LogP contribution in [0.2, 0.25) is 0 Å². The van der Waals surface area contributed by atoms with Crippen LogP contribution in [-0.2, 0) is 0 Å². The maximum absolute atomic E-state index is 11.5. The summed E-state index contributed by atoms with van der Waals surface area (Å²) in [5, 5.41) is 9.83. The highest BCUT2D eigenvalue weighted by atomic mass is 16.1. The van der Waals surface area contributed by atoms with Crippen molar-refractivity contribution < 1.29 is 0 Å². The molecule has 108 valence electrons. The van der Waals surface area contributed by atoms with Gasteiger partial charge < -0.3 is 5.32 Å². The number of nitrogens with zero attached hydrogens (tertiary/aromatic N) is 3. The fourth-order valence-corrected chi connectivity index (χ4v) is 2.97. The molecule has 1 saturated carbocycles. The van der Waals surface area contributed by atoms with Crippen molar-refractivity contribution in [2.24, 2.45) is 11.8 Å². The summed E-state index contributed by atoms with van der Waals surface area (Å²) < 4.78 is 1.48. The zero-order chi connectivity index (χ0) is 14.1. The molecule has 1 fully saturated rings. The van der Waals surface area contributed by atoms with Crippen molar-refractivity contribution in [3.63, 3.8) is 0 Å². The van der Waals surface area contributed by atoms with E-state index in [4.69, 9.17) is 0 Å². The third-order valence-corrected chi connectivity index (χ3v) is 4.28. The van der Waals surface area contributed by atoms with Crippen molar-refractivity contribution in [2.75, 3.05) is 11.9 Å². The highest BCUT2D eigenvalue weighted by molar-refractivity contribution is 5.49. The molecular formula is C14H21N5O. The monoisotopic (exact) mass is 275 g/mol. The Morgan fingerprint density at radius 2 is 2.15 bits per heavy atom. The summed E-state index contributed by atoms with van der Waals surface area (Å²) in [6.45, 7) is 5.10. The van der Waals surface area contributed by atoms with E-state index in [0.717, 1.165) is 24.2 Å². The molecular weight excluding hydrogens is 254 g/mol. The van der Waals surface area contributed by atoms with Crippen LogP contribution in [-0.4, -0.2) is 26.1 Å². The van der Waals surface area contributed by atoms with Gasteiger partial charge in [-0.1, -0.05) is 19.8 Å². The summed E-state index contributed by atoms with van der Waals surface area (Å²) in [5.74, 6) is 3.05. The maximum Gasteiger partial charge on any atom is 0.349 e. The molecule has 2 aromatic heterocycles. The molecule has 0 unspecified atom stereocenters. The number of hydrogen-bond donors (Lipinski definition) is 2. The Morgan fingerprint density at radius 1 is 1.40 bits per heavy atom. The molecule has 2 heterocycles. The molecule has 0 amide bonds. The predicted octanol–water partition coefficient (Wildman–Crippen LogP) is 1.96. The third kappa shape index (κ3) is 2.55. The van der Waals surface area contributed by atoms with Crippen LogP contribution in [0, 0.1) is 18.8 Å². The van der Waals surface area contributed by atoms with Crippen molar-refractivity contribution in [1.29, 1.82) is 0 Å². The van der Waals surface area contributed by atoms with Gasteiger partial charge in [0.05, 0.1) is 0 Å². The highest BCUT2D eigenvalue weighted by Crippen LogP contribution is 2.28. The Hall–Kier alpha value is -1.85. The van der Waals surface area contributed by atoms with E-state index >= 15 is 0 Å². The number of aryl methyl sites for hydroxylation is 1. The van der Waals surface area contributed by atoms with Gasteiger partial charge in [0.25, 0.3) is 0 Å². The molecule has 1 aliphatic carbocycles. The number of aromatic amines is 1. The van der Waals surface area contributed by atoms with Gasteiger partial charge in [0, 0.05) is 12.6 Å². The Morgan fingerprint density at radius 3 is 2.90 bits per heavy atom. The summed E-state index contributed by atoms with van der Waals surface area (Å²) in [7, 11) is 0. The fourth-order valence-electron chi connectivity index (χ4n) is 2.97. The predicted molar refractivity (Wildman–Crippen MR) is 78.0 cm³/mol. The van der Waals surface area contributed by atoms with E-state index in [9.17, 15) is 4.79 Å². The number of rotatable bonds is 3. The lowest BCUT2D eigenvalue weighted by atomic mass is 9.83. The van der Waals surface area contributed by atoms with Crippen LogP contribution in [0.15, 0.2) is 10.9 Å². The first-order valence-corrected chi connectivity index (χ1v) is 7.32. The average Bonchev–Trinajstić information content (AvgIpc) is 2.80. The van der Waals surface area contributed by atoms with Crippen LogP contribution >= 0.6 is 0 Å². The molecule has 0 saturated heterocycles. The molecule has 1 aliphatic rings. The van der Waals surface area contributed by atoms with Crippen molar-refractivity contribution in [3.05, 3.63) is 22.4 Å². The number of H-pyrrole nitrogens is 1. The number of hydrogen-bond acceptors (Lipinski definition) is 4. The zero-order valence-corrected chi connectivity index (χ0v) is 12.0. The summed E-state index contributed by atoms with van der Waals surface area (Å²) in [4.78, 5) is 16.0. The molecule has 0 aromatic carbocycles. The minimum absolute atomic E-state index is 0.238. The molecule has 20 heavy (non-hydrogen) atoms. The summed E-state index contributed by atoms with van der Waals surface area (Å²) >= 11 is 0. The topological polar surface area (TPSA) is 75.1 Å². The van der Waals surface area contributed by atoms with Gasteiger partial charge in [0.1, 0.15) is 11.6 Å². The first kappa shape index (κ1) is 13.1. The summed E-state index contributed by atoms with van der Waals surface area (Å²) in [6.07, 6.45) is 5.23. The molecule has 0 aliphatic heterocycles. The standard InChI is InChI=1S/C14H21N5O/c1-9-3-5-11(6-4-9)8-15-12-7-13-17-18-14(20)19(13)10(2)16-12/h7,9,11,15H,3-6,8H2,1-2H3,(H,18,20). The largest absolute Gasteiger partial charge is 0.370 e. The van der Waals surface area contributed by atoms with Crippen LogP contribution < -0.4 is 11.0 Å². The lowest BCUT2D eigenvalue weighted by molar-refractivity contribution is 0.300. The lowest BCUT2D eigenvalue weighted by Gasteiger charge is -2.26. The van der Waals surface area contributed by atoms with Gasteiger partial charge in [0.15, 0.2) is 5.65 Å². The smallest absolute Gasteiger partial charge is 0.349 e. The normalized spacial score (nSPS) is 23.1. The van der Waals surface area contributed by atoms with E-state index in [2.05, 4.69) is 27.4 Å². The first-order chi connectivity index (χ1) is 9.63. The molecule has 0 spiro atoms. The fraction of sp³-hybridized carbons (Fsp3) is 0.643. The van der Waals surface area contributed by atoms with Gasteiger partial charge in [-0.25, -0.2) is 19.3 Å². The molecule has 2 aromatic rings. The summed E-state index contributed by atoms with van der Waals surface area (Å²) in [5.41, 5.74) is 0.375. The number of anilines is 1. The van der Waals surface area contributed by atoms with Gasteiger partial charge >= 0.3 is 5.69 Å². The van der Waals surface area contributed by atoms with Gasteiger partial charge in [-0.15, -0.1) is 0 Å². The maximum atomic E-state index is 11.5. The van der Waals surface area contributed by atoms with E-state index in [0.29, 0.717) is 11.5 Å². The number of fused-ring (bicyclic) bond motifs is 1. The minimum atomic E-state index is -0.238. The highest BCUT2D eigenvalue weighted by Gasteiger charge is 2.18. The quantitative estimate of drug-likeness (QED) is 0.898. The van der Waals surface area contributed by atoms with Crippen molar-refractivity contribution in [3.8, 4) is 0 Å². The molecule has 0 bridgehead atoms. The van der Waals surface area contributed by atoms with Crippen LogP contribution in [0.4, 0.5) is 5.82 Å². The Balaban J connectivity index is 1.70. The molecule has 0 radical (unpaired) electrons. The van der Waals surface area contributed by atoms with Crippen LogP contribution in [0.3, 0.4) is 0 Å². The van der Waals surface area contributed by atoms with Gasteiger partial charge in [-0.2, -0.15) is 5.10 Å². The van der Waals surface area contributed by atoms with E-state index in [1.54, 1.807) is 0 Å². The zero-order valence-electron chi connectivity index (χ0n) is 12.0.